The van der Waals surface area contributed by atoms with Gasteiger partial charge in [-0.1, -0.05) is 12.1 Å². The molecule has 0 fully saturated rings. The van der Waals surface area contributed by atoms with Crippen molar-refractivity contribution >= 4 is 18.4 Å². The van der Waals surface area contributed by atoms with Gasteiger partial charge in [-0.05, 0) is 12.1 Å². The quantitative estimate of drug-likeness (QED) is 0.598. The minimum Gasteiger partial charge on any atom is -0.294 e. The predicted molar refractivity (Wildman–Crippen MR) is 48.7 cm³/mol. The van der Waals surface area contributed by atoms with Crippen LogP contribution in [0.5, 0.6) is 0 Å². The van der Waals surface area contributed by atoms with Gasteiger partial charge in [-0.2, -0.15) is 13.2 Å². The minimum atomic E-state index is -4.45. The van der Waals surface area contributed by atoms with E-state index >= 15 is 0 Å². The maximum atomic E-state index is 11.8. The highest BCUT2D eigenvalue weighted by molar-refractivity contribution is 7.80. The Labute approximate surface area is 84.3 Å². The highest BCUT2D eigenvalue weighted by atomic mass is 32.1. The van der Waals surface area contributed by atoms with E-state index in [2.05, 4.69) is 12.6 Å². The van der Waals surface area contributed by atoms with E-state index in [1.54, 1.807) is 0 Å². The van der Waals surface area contributed by atoms with Gasteiger partial charge in [0.1, 0.15) is 6.42 Å². The Balaban J connectivity index is 2.76. The molecule has 1 nitrogen and oxygen atoms in total. The van der Waals surface area contributed by atoms with Crippen LogP contribution in [-0.4, -0.2) is 12.0 Å². The van der Waals surface area contributed by atoms with Crippen LogP contribution >= 0.6 is 12.6 Å². The number of Topliss-reactive ketones (excluding diaryl/α,β-unsaturated/α-hetero) is 1. The Hall–Kier alpha value is -0.970. The molecular formula is C9H7F3OS. The highest BCUT2D eigenvalue weighted by Crippen LogP contribution is 2.22. The average molecular weight is 220 g/mol. The van der Waals surface area contributed by atoms with Crippen LogP contribution in [0, 0.1) is 0 Å². The molecule has 1 rings (SSSR count). The Bertz CT molecular complexity index is 329. The lowest BCUT2D eigenvalue weighted by Crippen LogP contribution is -2.14. The first-order chi connectivity index (χ1) is 6.38. The van der Waals surface area contributed by atoms with Gasteiger partial charge in [0.25, 0.3) is 0 Å². The first kappa shape index (κ1) is 11.1. The second-order valence-electron chi connectivity index (χ2n) is 2.76. The fraction of sp³-hybridized carbons (Fsp3) is 0.222. The van der Waals surface area contributed by atoms with Crippen LogP contribution in [0.15, 0.2) is 29.2 Å². The number of halogens is 3. The minimum absolute atomic E-state index is 0.0557. The van der Waals surface area contributed by atoms with Gasteiger partial charge < -0.3 is 0 Å². The lowest BCUT2D eigenvalue weighted by Gasteiger charge is -2.04. The molecule has 14 heavy (non-hydrogen) atoms. The van der Waals surface area contributed by atoms with Gasteiger partial charge in [-0.25, -0.2) is 0 Å². The summed E-state index contributed by atoms with van der Waals surface area (Å²) in [6.07, 6.45) is -5.87. The molecule has 0 aromatic heterocycles. The molecule has 0 aliphatic rings. The van der Waals surface area contributed by atoms with Crippen molar-refractivity contribution in [3.63, 3.8) is 0 Å². The molecule has 0 radical (unpaired) electrons. The summed E-state index contributed by atoms with van der Waals surface area (Å²) >= 11 is 3.95. The smallest absolute Gasteiger partial charge is 0.294 e. The van der Waals surface area contributed by atoms with Crippen molar-refractivity contribution in [2.45, 2.75) is 17.5 Å². The molecule has 0 unspecified atom stereocenters. The van der Waals surface area contributed by atoms with Crippen LogP contribution in [0.4, 0.5) is 13.2 Å². The number of thiol groups is 1. The highest BCUT2D eigenvalue weighted by Gasteiger charge is 2.31. The molecule has 0 saturated carbocycles. The topological polar surface area (TPSA) is 17.1 Å². The molecule has 1 aromatic carbocycles. The van der Waals surface area contributed by atoms with Crippen LogP contribution in [0.3, 0.4) is 0 Å². The second kappa shape index (κ2) is 4.04. The summed E-state index contributed by atoms with van der Waals surface area (Å²) in [6, 6.07) is 5.62. The number of benzene rings is 1. The number of ketones is 1. The number of rotatable bonds is 2. The van der Waals surface area contributed by atoms with Gasteiger partial charge in [-0.15, -0.1) is 12.6 Å². The van der Waals surface area contributed by atoms with Crippen molar-refractivity contribution in [2.75, 3.05) is 0 Å². The van der Waals surface area contributed by atoms with Crippen molar-refractivity contribution in [3.8, 4) is 0 Å². The van der Waals surface area contributed by atoms with Gasteiger partial charge in [0.2, 0.25) is 0 Å². The normalized spacial score (nSPS) is 11.4. The number of carbonyl (C=O) groups excluding carboxylic acids is 1. The summed E-state index contributed by atoms with van der Waals surface area (Å²) in [5.74, 6) is -0.925. The predicted octanol–water partition coefficient (Wildman–Crippen LogP) is 3.11. The van der Waals surface area contributed by atoms with E-state index in [0.29, 0.717) is 4.90 Å². The van der Waals surface area contributed by atoms with Crippen molar-refractivity contribution < 1.29 is 18.0 Å². The van der Waals surface area contributed by atoms with Gasteiger partial charge in [0.15, 0.2) is 5.78 Å². The van der Waals surface area contributed by atoms with E-state index in [1.807, 2.05) is 0 Å². The van der Waals surface area contributed by atoms with E-state index in [1.165, 1.54) is 24.3 Å². The molecule has 0 aliphatic carbocycles. The van der Waals surface area contributed by atoms with Gasteiger partial charge in [0, 0.05) is 10.5 Å². The molecule has 0 N–H and O–H groups in total. The maximum absolute atomic E-state index is 11.8. The standard InChI is InChI=1S/C9H7F3OS/c10-9(11,12)5-8(13)6-1-3-7(14)4-2-6/h1-4,14H,5H2. The van der Waals surface area contributed by atoms with Gasteiger partial charge >= 0.3 is 6.18 Å². The van der Waals surface area contributed by atoms with Crippen molar-refractivity contribution in [1.29, 1.82) is 0 Å². The number of alkyl halides is 3. The third-order valence-corrected chi connectivity index (χ3v) is 1.85. The van der Waals surface area contributed by atoms with Gasteiger partial charge in [0.05, 0.1) is 0 Å². The second-order valence-corrected chi connectivity index (χ2v) is 3.28. The third kappa shape index (κ3) is 3.41. The van der Waals surface area contributed by atoms with Crippen LogP contribution in [-0.2, 0) is 0 Å². The Kier molecular flexibility index (Phi) is 3.21. The van der Waals surface area contributed by atoms with E-state index in [0.717, 1.165) is 0 Å². The lowest BCUT2D eigenvalue weighted by atomic mass is 10.1. The molecule has 0 saturated heterocycles. The summed E-state index contributed by atoms with van der Waals surface area (Å²) in [4.78, 5) is 11.6. The number of hydrogen-bond acceptors (Lipinski definition) is 2. The fourth-order valence-corrected chi connectivity index (χ4v) is 1.08. The molecular weight excluding hydrogens is 213 g/mol. The van der Waals surface area contributed by atoms with Crippen molar-refractivity contribution in [2.24, 2.45) is 0 Å². The molecule has 0 atom stereocenters. The molecule has 0 amide bonds. The van der Waals surface area contributed by atoms with Crippen molar-refractivity contribution in [3.05, 3.63) is 29.8 Å². The Morgan fingerprint density at radius 2 is 1.71 bits per heavy atom. The van der Waals surface area contributed by atoms with Gasteiger partial charge in [-0.3, -0.25) is 4.79 Å². The molecule has 0 bridgehead atoms. The summed E-state index contributed by atoms with van der Waals surface area (Å²) in [7, 11) is 0. The van der Waals surface area contributed by atoms with Crippen LogP contribution in [0.25, 0.3) is 0 Å². The zero-order chi connectivity index (χ0) is 10.8. The van der Waals surface area contributed by atoms with E-state index < -0.39 is 18.4 Å². The third-order valence-electron chi connectivity index (χ3n) is 1.55. The first-order valence-corrected chi connectivity index (χ1v) is 4.22. The number of carbonyl (C=O) groups is 1. The summed E-state index contributed by atoms with van der Waals surface area (Å²) in [6.45, 7) is 0. The summed E-state index contributed by atoms with van der Waals surface area (Å²) in [5, 5.41) is 0. The first-order valence-electron chi connectivity index (χ1n) is 3.77. The molecule has 1 aromatic rings. The summed E-state index contributed by atoms with van der Waals surface area (Å²) < 4.78 is 35.5. The SMILES string of the molecule is O=C(CC(F)(F)F)c1ccc(S)cc1. The fourth-order valence-electron chi connectivity index (χ4n) is 0.931. The monoisotopic (exact) mass is 220 g/mol. The molecule has 5 heteroatoms. The van der Waals surface area contributed by atoms with Crippen LogP contribution in [0.1, 0.15) is 16.8 Å². The van der Waals surface area contributed by atoms with E-state index in [-0.39, 0.29) is 5.56 Å². The Morgan fingerprint density at radius 1 is 1.21 bits per heavy atom. The Morgan fingerprint density at radius 3 is 2.14 bits per heavy atom. The molecule has 0 spiro atoms. The average Bonchev–Trinajstić information content (AvgIpc) is 2.02. The van der Waals surface area contributed by atoms with E-state index in [4.69, 9.17) is 0 Å². The number of hydrogen-bond donors (Lipinski definition) is 1. The summed E-state index contributed by atoms with van der Waals surface area (Å²) in [5.41, 5.74) is 0.0557. The zero-order valence-corrected chi connectivity index (χ0v) is 7.90. The molecule has 0 aliphatic heterocycles. The maximum Gasteiger partial charge on any atom is 0.396 e. The van der Waals surface area contributed by atoms with Crippen LogP contribution < -0.4 is 0 Å². The van der Waals surface area contributed by atoms with Crippen LogP contribution in [0.2, 0.25) is 0 Å². The molecule has 76 valence electrons. The lowest BCUT2D eigenvalue weighted by molar-refractivity contribution is -0.125. The molecule has 0 heterocycles. The van der Waals surface area contributed by atoms with E-state index in [9.17, 15) is 18.0 Å². The largest absolute Gasteiger partial charge is 0.396 e. The zero-order valence-electron chi connectivity index (χ0n) is 7.01. The van der Waals surface area contributed by atoms with Crippen molar-refractivity contribution in [1.82, 2.24) is 0 Å².